The first kappa shape index (κ1) is 15.7. The minimum atomic E-state index is -0.105. The molecule has 0 fully saturated rings. The third-order valence-corrected chi connectivity index (χ3v) is 5.02. The quantitative estimate of drug-likeness (QED) is 0.861. The molecule has 1 aromatic carbocycles. The molecule has 3 heterocycles. The van der Waals surface area contributed by atoms with Gasteiger partial charge >= 0.3 is 0 Å². The third kappa shape index (κ3) is 2.77. The van der Waals surface area contributed by atoms with Crippen molar-refractivity contribution in [1.82, 2.24) is 9.47 Å². The summed E-state index contributed by atoms with van der Waals surface area (Å²) in [5.41, 5.74) is 1.90. The number of amides is 2. The van der Waals surface area contributed by atoms with Gasteiger partial charge in [0.05, 0.1) is 11.7 Å². The van der Waals surface area contributed by atoms with Crippen molar-refractivity contribution in [2.24, 2.45) is 0 Å². The molecule has 0 saturated carbocycles. The smallest absolute Gasteiger partial charge is 0.265 e. The van der Waals surface area contributed by atoms with Crippen LogP contribution in [0, 0.1) is 0 Å². The van der Waals surface area contributed by atoms with Gasteiger partial charge in [0.15, 0.2) is 6.61 Å². The van der Waals surface area contributed by atoms with Crippen LogP contribution in [0.5, 0.6) is 5.75 Å². The van der Waals surface area contributed by atoms with E-state index in [2.05, 4.69) is 23.8 Å². The first-order chi connectivity index (χ1) is 12.1. The molecule has 2 aromatic rings. The van der Waals surface area contributed by atoms with E-state index in [1.165, 1.54) is 0 Å². The number of carbonyl (C=O) groups excluding carboxylic acids is 2. The van der Waals surface area contributed by atoms with Gasteiger partial charge in [0, 0.05) is 37.9 Å². The van der Waals surface area contributed by atoms with Crippen LogP contribution in [0.25, 0.3) is 0 Å². The molecule has 0 aliphatic carbocycles. The van der Waals surface area contributed by atoms with Gasteiger partial charge in [-0.2, -0.15) is 0 Å². The second kappa shape index (κ2) is 6.27. The molecule has 1 unspecified atom stereocenters. The summed E-state index contributed by atoms with van der Waals surface area (Å²) in [5.74, 6) is 0.669. The van der Waals surface area contributed by atoms with E-state index in [0.717, 1.165) is 17.9 Å². The number of carbonyl (C=O) groups is 2. The summed E-state index contributed by atoms with van der Waals surface area (Å²) in [7, 11) is 0. The highest BCUT2D eigenvalue weighted by atomic mass is 16.5. The fraction of sp³-hybridized carbons (Fsp3) is 0.368. The molecule has 4 rings (SSSR count). The normalized spacial score (nSPS) is 19.2. The van der Waals surface area contributed by atoms with Crippen LogP contribution in [0.2, 0.25) is 0 Å². The first-order valence-electron chi connectivity index (χ1n) is 8.62. The Morgan fingerprint density at radius 1 is 1.20 bits per heavy atom. The Morgan fingerprint density at radius 3 is 2.92 bits per heavy atom. The van der Waals surface area contributed by atoms with E-state index in [-0.39, 0.29) is 24.5 Å². The van der Waals surface area contributed by atoms with Gasteiger partial charge in [-0.05, 0) is 31.2 Å². The Labute approximate surface area is 146 Å². The summed E-state index contributed by atoms with van der Waals surface area (Å²) in [6, 6.07) is 11.6. The zero-order valence-corrected chi connectivity index (χ0v) is 14.2. The average molecular weight is 339 g/mol. The van der Waals surface area contributed by atoms with Gasteiger partial charge in [-0.3, -0.25) is 9.59 Å². The van der Waals surface area contributed by atoms with E-state index in [0.29, 0.717) is 25.3 Å². The molecule has 0 spiro atoms. The number of fused-ring (bicyclic) bond motifs is 2. The molecule has 0 N–H and O–H groups in total. The molecule has 2 aliphatic rings. The number of benzene rings is 1. The molecule has 1 aromatic heterocycles. The monoisotopic (exact) mass is 339 g/mol. The number of aromatic nitrogens is 1. The number of anilines is 1. The molecule has 6 heteroatoms. The van der Waals surface area contributed by atoms with Crippen molar-refractivity contribution in [3.05, 3.63) is 48.3 Å². The van der Waals surface area contributed by atoms with Gasteiger partial charge < -0.3 is 19.1 Å². The van der Waals surface area contributed by atoms with Crippen molar-refractivity contribution in [2.75, 3.05) is 24.6 Å². The van der Waals surface area contributed by atoms with Crippen LogP contribution in [-0.2, 0) is 16.1 Å². The molecular formula is C19H21N3O3. The summed E-state index contributed by atoms with van der Waals surface area (Å²) in [6.07, 6.45) is 2.36. The minimum absolute atomic E-state index is 0.0266. The zero-order chi connectivity index (χ0) is 17.4. The Kier molecular flexibility index (Phi) is 3.95. The van der Waals surface area contributed by atoms with Crippen molar-refractivity contribution in [2.45, 2.75) is 25.9 Å². The highest BCUT2D eigenvalue weighted by Gasteiger charge is 2.29. The molecule has 0 saturated heterocycles. The standard InChI is InChI=1S/C19H21N3O3/c1-14-15-6-4-9-20(15)11-12-21(14)18(23)8-10-22-16-5-2-3-7-17(16)25-13-19(22)24/h2-7,9,14H,8,10-13H2,1H3. The summed E-state index contributed by atoms with van der Waals surface area (Å²) in [4.78, 5) is 28.5. The van der Waals surface area contributed by atoms with Gasteiger partial charge in [0.2, 0.25) is 5.91 Å². The molecule has 1 atom stereocenters. The Balaban J connectivity index is 1.45. The third-order valence-electron chi connectivity index (χ3n) is 5.02. The Morgan fingerprint density at radius 2 is 2.04 bits per heavy atom. The predicted octanol–water partition coefficient (Wildman–Crippen LogP) is 2.21. The van der Waals surface area contributed by atoms with Gasteiger partial charge in [0.1, 0.15) is 5.75 Å². The molecular weight excluding hydrogens is 318 g/mol. The van der Waals surface area contributed by atoms with E-state index in [1.54, 1.807) is 4.90 Å². The van der Waals surface area contributed by atoms with E-state index >= 15 is 0 Å². The lowest BCUT2D eigenvalue weighted by molar-refractivity contribution is -0.134. The highest BCUT2D eigenvalue weighted by molar-refractivity contribution is 5.98. The summed E-state index contributed by atoms with van der Waals surface area (Å²) >= 11 is 0. The van der Waals surface area contributed by atoms with Crippen LogP contribution in [0.15, 0.2) is 42.6 Å². The fourth-order valence-corrected chi connectivity index (χ4v) is 3.67. The van der Waals surface area contributed by atoms with E-state index in [9.17, 15) is 9.59 Å². The van der Waals surface area contributed by atoms with E-state index < -0.39 is 0 Å². The maximum Gasteiger partial charge on any atom is 0.265 e. The summed E-state index contributed by atoms with van der Waals surface area (Å²) < 4.78 is 7.64. The largest absolute Gasteiger partial charge is 0.482 e. The first-order valence-corrected chi connectivity index (χ1v) is 8.62. The van der Waals surface area contributed by atoms with Crippen molar-refractivity contribution >= 4 is 17.5 Å². The lowest BCUT2D eigenvalue weighted by Crippen LogP contribution is -2.44. The van der Waals surface area contributed by atoms with Crippen molar-refractivity contribution in [1.29, 1.82) is 0 Å². The number of ether oxygens (including phenoxy) is 1. The number of para-hydroxylation sites is 2. The van der Waals surface area contributed by atoms with Gasteiger partial charge in [0.25, 0.3) is 5.91 Å². The van der Waals surface area contributed by atoms with E-state index in [4.69, 9.17) is 4.74 Å². The second-order valence-electron chi connectivity index (χ2n) is 6.44. The Hall–Kier alpha value is -2.76. The lowest BCUT2D eigenvalue weighted by Gasteiger charge is -2.36. The van der Waals surface area contributed by atoms with Gasteiger partial charge in [-0.15, -0.1) is 0 Å². The van der Waals surface area contributed by atoms with Crippen LogP contribution in [0.3, 0.4) is 0 Å². The highest BCUT2D eigenvalue weighted by Crippen LogP contribution is 2.32. The lowest BCUT2D eigenvalue weighted by atomic mass is 10.1. The summed E-state index contributed by atoms with van der Waals surface area (Å²) in [5, 5.41) is 0. The topological polar surface area (TPSA) is 54.8 Å². The maximum absolute atomic E-state index is 12.7. The molecule has 6 nitrogen and oxygen atoms in total. The minimum Gasteiger partial charge on any atom is -0.482 e. The van der Waals surface area contributed by atoms with Crippen LogP contribution < -0.4 is 9.64 Å². The van der Waals surface area contributed by atoms with Crippen molar-refractivity contribution < 1.29 is 14.3 Å². The van der Waals surface area contributed by atoms with Crippen molar-refractivity contribution in [3.63, 3.8) is 0 Å². The second-order valence-corrected chi connectivity index (χ2v) is 6.44. The molecule has 0 bridgehead atoms. The molecule has 25 heavy (non-hydrogen) atoms. The van der Waals surface area contributed by atoms with Crippen LogP contribution in [0.4, 0.5) is 5.69 Å². The molecule has 2 aliphatic heterocycles. The Bertz CT molecular complexity index is 814. The van der Waals surface area contributed by atoms with Gasteiger partial charge in [-0.25, -0.2) is 0 Å². The number of hydrogen-bond donors (Lipinski definition) is 0. The molecule has 130 valence electrons. The summed E-state index contributed by atoms with van der Waals surface area (Å²) in [6.45, 7) is 3.98. The van der Waals surface area contributed by atoms with Gasteiger partial charge in [-0.1, -0.05) is 12.1 Å². The zero-order valence-electron chi connectivity index (χ0n) is 14.2. The maximum atomic E-state index is 12.7. The van der Waals surface area contributed by atoms with Crippen molar-refractivity contribution in [3.8, 4) is 5.75 Å². The molecule has 2 amide bonds. The van der Waals surface area contributed by atoms with Crippen LogP contribution >= 0.6 is 0 Å². The number of rotatable bonds is 3. The fourth-order valence-electron chi connectivity index (χ4n) is 3.67. The number of nitrogens with zero attached hydrogens (tertiary/aromatic N) is 3. The van der Waals surface area contributed by atoms with Crippen LogP contribution in [-0.4, -0.2) is 41.0 Å². The van der Waals surface area contributed by atoms with Crippen LogP contribution in [0.1, 0.15) is 25.1 Å². The SMILES string of the molecule is CC1c2cccn2CCN1C(=O)CCN1C(=O)COc2ccccc21. The molecule has 0 radical (unpaired) electrons. The predicted molar refractivity (Wildman–Crippen MR) is 93.5 cm³/mol. The van der Waals surface area contributed by atoms with E-state index in [1.807, 2.05) is 35.2 Å². The number of hydrogen-bond acceptors (Lipinski definition) is 3. The average Bonchev–Trinajstić information content (AvgIpc) is 3.10.